The second kappa shape index (κ2) is 4.56. The van der Waals surface area contributed by atoms with Crippen molar-refractivity contribution < 1.29 is 4.74 Å². The Balaban J connectivity index is 2.22. The Bertz CT molecular complexity index is 360. The first-order valence-corrected chi connectivity index (χ1v) is 5.99. The van der Waals surface area contributed by atoms with Gasteiger partial charge in [-0.05, 0) is 24.5 Å². The fourth-order valence-electron chi connectivity index (χ4n) is 2.59. The van der Waals surface area contributed by atoms with Crippen LogP contribution < -0.4 is 5.73 Å². The van der Waals surface area contributed by atoms with Crippen LogP contribution in [0.15, 0.2) is 24.3 Å². The van der Waals surface area contributed by atoms with Crippen LogP contribution in [0.1, 0.15) is 24.5 Å². The molecule has 1 aliphatic heterocycles. The van der Waals surface area contributed by atoms with E-state index >= 15 is 0 Å². The fourth-order valence-corrected chi connectivity index (χ4v) is 2.59. The zero-order valence-electron chi connectivity index (χ0n) is 10.2. The minimum atomic E-state index is 0.0970. The number of ether oxygens (including phenoxy) is 1. The molecule has 88 valence electrons. The lowest BCUT2D eigenvalue weighted by atomic mass is 9.73. The Morgan fingerprint density at radius 2 is 2.06 bits per heavy atom. The summed E-state index contributed by atoms with van der Waals surface area (Å²) >= 11 is 0. The van der Waals surface area contributed by atoms with E-state index in [4.69, 9.17) is 10.5 Å². The van der Waals surface area contributed by atoms with Crippen molar-refractivity contribution in [2.45, 2.75) is 25.7 Å². The van der Waals surface area contributed by atoms with E-state index < -0.39 is 0 Å². The highest BCUT2D eigenvalue weighted by atomic mass is 16.5. The molecule has 16 heavy (non-hydrogen) atoms. The van der Waals surface area contributed by atoms with Gasteiger partial charge in [-0.1, -0.05) is 31.2 Å². The van der Waals surface area contributed by atoms with Crippen molar-refractivity contribution in [2.24, 2.45) is 11.7 Å². The van der Waals surface area contributed by atoms with Crippen molar-refractivity contribution in [1.29, 1.82) is 0 Å². The maximum Gasteiger partial charge on any atom is 0.0516 e. The molecule has 2 nitrogen and oxygen atoms in total. The lowest BCUT2D eigenvalue weighted by Gasteiger charge is -2.37. The molecular formula is C14H21NO. The summed E-state index contributed by atoms with van der Waals surface area (Å²) in [6.07, 6.45) is 1.13. The summed E-state index contributed by atoms with van der Waals surface area (Å²) in [6, 6.07) is 8.57. The summed E-state index contributed by atoms with van der Waals surface area (Å²) < 4.78 is 5.25. The van der Waals surface area contributed by atoms with Crippen molar-refractivity contribution in [2.75, 3.05) is 19.8 Å². The molecule has 1 heterocycles. The maximum absolute atomic E-state index is 5.99. The third-order valence-corrected chi connectivity index (χ3v) is 3.69. The van der Waals surface area contributed by atoms with Crippen LogP contribution >= 0.6 is 0 Å². The van der Waals surface area contributed by atoms with Crippen LogP contribution in [0.25, 0.3) is 0 Å². The molecule has 1 aromatic carbocycles. The molecule has 1 atom stereocenters. The largest absolute Gasteiger partial charge is 0.381 e. The van der Waals surface area contributed by atoms with Crippen molar-refractivity contribution >= 4 is 0 Å². The van der Waals surface area contributed by atoms with Crippen molar-refractivity contribution in [1.82, 2.24) is 0 Å². The molecule has 2 rings (SSSR count). The lowest BCUT2D eigenvalue weighted by Crippen LogP contribution is -2.40. The molecule has 2 heteroatoms. The SMILES string of the molecule is Cc1ccccc1C(C)(CN)CC1COC1. The van der Waals surface area contributed by atoms with Crippen LogP contribution in [-0.4, -0.2) is 19.8 Å². The molecule has 0 spiro atoms. The molecule has 0 amide bonds. The molecule has 1 unspecified atom stereocenters. The number of hydrogen-bond donors (Lipinski definition) is 1. The average molecular weight is 219 g/mol. The molecule has 0 aromatic heterocycles. The van der Waals surface area contributed by atoms with Crippen LogP contribution in [0.4, 0.5) is 0 Å². The Morgan fingerprint density at radius 3 is 2.56 bits per heavy atom. The van der Waals surface area contributed by atoms with E-state index in [1.54, 1.807) is 0 Å². The molecule has 1 saturated heterocycles. The van der Waals surface area contributed by atoms with Gasteiger partial charge in [0.05, 0.1) is 13.2 Å². The van der Waals surface area contributed by atoms with E-state index in [2.05, 4.69) is 38.1 Å². The van der Waals surface area contributed by atoms with E-state index in [1.165, 1.54) is 11.1 Å². The topological polar surface area (TPSA) is 35.2 Å². The standard InChI is InChI=1S/C14H21NO/c1-11-5-3-4-6-13(11)14(2,10-15)7-12-8-16-9-12/h3-6,12H,7-10,15H2,1-2H3. The van der Waals surface area contributed by atoms with Crippen LogP contribution in [0.5, 0.6) is 0 Å². The highest BCUT2D eigenvalue weighted by Gasteiger charge is 2.32. The monoisotopic (exact) mass is 219 g/mol. The lowest BCUT2D eigenvalue weighted by molar-refractivity contribution is -0.0442. The minimum absolute atomic E-state index is 0.0970. The number of rotatable bonds is 4. The van der Waals surface area contributed by atoms with Crippen molar-refractivity contribution in [3.8, 4) is 0 Å². The average Bonchev–Trinajstić information content (AvgIpc) is 2.24. The van der Waals surface area contributed by atoms with Crippen molar-refractivity contribution in [3.05, 3.63) is 35.4 Å². The van der Waals surface area contributed by atoms with Gasteiger partial charge in [0, 0.05) is 17.9 Å². The molecule has 0 bridgehead atoms. The van der Waals surface area contributed by atoms with E-state index in [-0.39, 0.29) is 5.41 Å². The predicted octanol–water partition coefficient (Wildman–Crippen LogP) is 2.25. The van der Waals surface area contributed by atoms with Crippen LogP contribution in [-0.2, 0) is 10.2 Å². The zero-order valence-corrected chi connectivity index (χ0v) is 10.2. The predicted molar refractivity (Wildman–Crippen MR) is 66.5 cm³/mol. The summed E-state index contributed by atoms with van der Waals surface area (Å²) in [4.78, 5) is 0. The van der Waals surface area contributed by atoms with Crippen molar-refractivity contribution in [3.63, 3.8) is 0 Å². The smallest absolute Gasteiger partial charge is 0.0516 e. The molecule has 0 radical (unpaired) electrons. The second-order valence-corrected chi connectivity index (χ2v) is 5.19. The Kier molecular flexibility index (Phi) is 3.31. The summed E-state index contributed by atoms with van der Waals surface area (Å²) in [5, 5.41) is 0. The van der Waals surface area contributed by atoms with Gasteiger partial charge in [0.1, 0.15) is 0 Å². The molecule has 1 fully saturated rings. The maximum atomic E-state index is 5.99. The Hall–Kier alpha value is -0.860. The number of aryl methyl sites for hydroxylation is 1. The molecular weight excluding hydrogens is 198 g/mol. The third-order valence-electron chi connectivity index (χ3n) is 3.69. The molecule has 1 aromatic rings. The summed E-state index contributed by atoms with van der Waals surface area (Å²) in [6.45, 7) is 6.95. The van der Waals surface area contributed by atoms with Gasteiger partial charge in [-0.2, -0.15) is 0 Å². The van der Waals surface area contributed by atoms with Crippen LogP contribution in [0, 0.1) is 12.8 Å². The normalized spacial score (nSPS) is 20.2. The number of benzene rings is 1. The van der Waals surface area contributed by atoms with Gasteiger partial charge < -0.3 is 10.5 Å². The zero-order chi connectivity index (χ0) is 11.6. The summed E-state index contributed by atoms with van der Waals surface area (Å²) in [5.74, 6) is 0.688. The first-order valence-electron chi connectivity index (χ1n) is 5.99. The summed E-state index contributed by atoms with van der Waals surface area (Å²) in [5.41, 5.74) is 8.83. The quantitative estimate of drug-likeness (QED) is 0.843. The van der Waals surface area contributed by atoms with E-state index in [1.807, 2.05) is 0 Å². The number of hydrogen-bond acceptors (Lipinski definition) is 2. The van der Waals surface area contributed by atoms with E-state index in [9.17, 15) is 0 Å². The summed E-state index contributed by atoms with van der Waals surface area (Å²) in [7, 11) is 0. The molecule has 2 N–H and O–H groups in total. The van der Waals surface area contributed by atoms with Gasteiger partial charge in [0.2, 0.25) is 0 Å². The highest BCUT2D eigenvalue weighted by Crippen LogP contribution is 2.34. The van der Waals surface area contributed by atoms with Gasteiger partial charge in [0.25, 0.3) is 0 Å². The first kappa shape index (κ1) is 11.6. The first-order chi connectivity index (χ1) is 7.65. The molecule has 0 saturated carbocycles. The van der Waals surface area contributed by atoms with E-state index in [0.717, 1.165) is 19.6 Å². The van der Waals surface area contributed by atoms with Crippen LogP contribution in [0.3, 0.4) is 0 Å². The number of nitrogens with two attached hydrogens (primary N) is 1. The van der Waals surface area contributed by atoms with Gasteiger partial charge in [-0.15, -0.1) is 0 Å². The second-order valence-electron chi connectivity index (χ2n) is 5.19. The molecule has 1 aliphatic rings. The van der Waals surface area contributed by atoms with Gasteiger partial charge in [-0.3, -0.25) is 0 Å². The van der Waals surface area contributed by atoms with Gasteiger partial charge >= 0.3 is 0 Å². The van der Waals surface area contributed by atoms with Gasteiger partial charge in [0.15, 0.2) is 0 Å². The Labute approximate surface area is 97.8 Å². The van der Waals surface area contributed by atoms with E-state index in [0.29, 0.717) is 12.5 Å². The third kappa shape index (κ3) is 2.13. The minimum Gasteiger partial charge on any atom is -0.381 e. The Morgan fingerprint density at radius 1 is 1.38 bits per heavy atom. The highest BCUT2D eigenvalue weighted by molar-refractivity contribution is 5.33. The fraction of sp³-hybridized carbons (Fsp3) is 0.571. The van der Waals surface area contributed by atoms with Gasteiger partial charge in [-0.25, -0.2) is 0 Å². The molecule has 0 aliphatic carbocycles. The van der Waals surface area contributed by atoms with Crippen LogP contribution in [0.2, 0.25) is 0 Å².